The number of amides is 1. The number of carbonyl (C=O) groups is 2. The lowest BCUT2D eigenvalue weighted by Crippen LogP contribution is -2.35. The van der Waals surface area contributed by atoms with E-state index in [-0.39, 0.29) is 12.5 Å². The maximum atomic E-state index is 11.8. The van der Waals surface area contributed by atoms with E-state index in [2.05, 4.69) is 9.59 Å². The van der Waals surface area contributed by atoms with Crippen LogP contribution in [0.25, 0.3) is 0 Å². The predicted octanol–water partition coefficient (Wildman–Crippen LogP) is 0.563. The molecular weight excluding hydrogens is 230 g/mol. The maximum absolute atomic E-state index is 11.8. The highest BCUT2D eigenvalue weighted by atomic mass is 32.1. The Hall–Kier alpha value is -1.50. The number of ether oxygens (including phenoxy) is 1. The van der Waals surface area contributed by atoms with Crippen molar-refractivity contribution in [2.24, 2.45) is 0 Å². The third-order valence-corrected chi connectivity index (χ3v) is 2.52. The van der Waals surface area contributed by atoms with Gasteiger partial charge in [-0.1, -0.05) is 4.49 Å². The molecule has 0 spiro atoms. The van der Waals surface area contributed by atoms with E-state index in [0.29, 0.717) is 18.0 Å². The van der Waals surface area contributed by atoms with E-state index in [1.807, 2.05) is 0 Å². The molecule has 1 aromatic heterocycles. The van der Waals surface area contributed by atoms with Gasteiger partial charge in [-0.25, -0.2) is 0 Å². The minimum atomic E-state index is -0.407. The first-order valence-electron chi connectivity index (χ1n) is 4.91. The minimum Gasteiger partial charge on any atom is -0.465 e. The van der Waals surface area contributed by atoms with Crippen molar-refractivity contribution in [3.8, 4) is 0 Å². The van der Waals surface area contributed by atoms with Crippen LogP contribution in [0.5, 0.6) is 0 Å². The van der Waals surface area contributed by atoms with Gasteiger partial charge in [0.15, 0.2) is 0 Å². The molecule has 16 heavy (non-hydrogen) atoms. The molecule has 7 heteroatoms. The van der Waals surface area contributed by atoms with Gasteiger partial charge in [0.2, 0.25) is 0 Å². The Morgan fingerprint density at radius 1 is 1.50 bits per heavy atom. The zero-order valence-electron chi connectivity index (χ0n) is 9.17. The summed E-state index contributed by atoms with van der Waals surface area (Å²) in [4.78, 5) is 24.9. The second kappa shape index (κ2) is 6.16. The number of hydrogen-bond acceptors (Lipinski definition) is 6. The highest BCUT2D eigenvalue weighted by molar-refractivity contribution is 7.07. The van der Waals surface area contributed by atoms with Crippen molar-refractivity contribution in [2.75, 3.05) is 19.7 Å². The SMILES string of the molecule is CCOC(=O)CN(CC)C(=O)c1cnns1. The Bertz CT molecular complexity index is 353. The van der Waals surface area contributed by atoms with Crippen LogP contribution in [0.4, 0.5) is 0 Å². The summed E-state index contributed by atoms with van der Waals surface area (Å²) in [6.07, 6.45) is 1.39. The summed E-state index contributed by atoms with van der Waals surface area (Å²) >= 11 is 1.01. The van der Waals surface area contributed by atoms with Crippen LogP contribution in [0.3, 0.4) is 0 Å². The van der Waals surface area contributed by atoms with Crippen molar-refractivity contribution >= 4 is 23.4 Å². The molecule has 1 rings (SSSR count). The van der Waals surface area contributed by atoms with Crippen LogP contribution in [0.15, 0.2) is 6.20 Å². The van der Waals surface area contributed by atoms with Crippen LogP contribution < -0.4 is 0 Å². The molecule has 0 N–H and O–H groups in total. The fourth-order valence-electron chi connectivity index (χ4n) is 1.11. The summed E-state index contributed by atoms with van der Waals surface area (Å²) in [5.74, 6) is -0.652. The van der Waals surface area contributed by atoms with E-state index in [1.54, 1.807) is 13.8 Å². The van der Waals surface area contributed by atoms with E-state index >= 15 is 0 Å². The average molecular weight is 243 g/mol. The summed E-state index contributed by atoms with van der Waals surface area (Å²) < 4.78 is 8.38. The van der Waals surface area contributed by atoms with Crippen LogP contribution in [0, 0.1) is 0 Å². The molecule has 0 fully saturated rings. The van der Waals surface area contributed by atoms with E-state index in [4.69, 9.17) is 4.74 Å². The average Bonchev–Trinajstić information content (AvgIpc) is 2.78. The number of esters is 1. The van der Waals surface area contributed by atoms with Gasteiger partial charge in [-0.2, -0.15) is 0 Å². The Morgan fingerprint density at radius 3 is 2.75 bits per heavy atom. The van der Waals surface area contributed by atoms with Crippen LogP contribution in [-0.4, -0.2) is 46.1 Å². The monoisotopic (exact) mass is 243 g/mol. The fourth-order valence-corrected chi connectivity index (χ4v) is 1.59. The van der Waals surface area contributed by atoms with Crippen molar-refractivity contribution in [3.05, 3.63) is 11.1 Å². The zero-order valence-corrected chi connectivity index (χ0v) is 9.99. The molecule has 0 aliphatic heterocycles. The molecule has 0 aliphatic carbocycles. The summed E-state index contributed by atoms with van der Waals surface area (Å²) in [5, 5.41) is 3.58. The normalized spacial score (nSPS) is 9.88. The minimum absolute atomic E-state index is 0.0406. The second-order valence-corrected chi connectivity index (χ2v) is 3.69. The van der Waals surface area contributed by atoms with Gasteiger partial charge in [0.1, 0.15) is 11.4 Å². The Kier molecular flexibility index (Phi) is 4.84. The van der Waals surface area contributed by atoms with Gasteiger partial charge >= 0.3 is 5.97 Å². The molecule has 0 atom stereocenters. The van der Waals surface area contributed by atoms with Gasteiger partial charge in [0.25, 0.3) is 5.91 Å². The molecule has 1 heterocycles. The molecule has 0 aromatic carbocycles. The molecule has 0 unspecified atom stereocenters. The molecular formula is C9H13N3O3S. The van der Waals surface area contributed by atoms with Crippen molar-refractivity contribution in [1.82, 2.24) is 14.5 Å². The van der Waals surface area contributed by atoms with Gasteiger partial charge in [-0.15, -0.1) is 5.10 Å². The van der Waals surface area contributed by atoms with E-state index in [9.17, 15) is 9.59 Å². The lowest BCUT2D eigenvalue weighted by Gasteiger charge is -2.18. The maximum Gasteiger partial charge on any atom is 0.325 e. The molecule has 1 amide bonds. The Labute approximate surface area is 97.4 Å². The van der Waals surface area contributed by atoms with Crippen molar-refractivity contribution < 1.29 is 14.3 Å². The smallest absolute Gasteiger partial charge is 0.325 e. The topological polar surface area (TPSA) is 72.4 Å². The Morgan fingerprint density at radius 2 is 2.25 bits per heavy atom. The molecule has 0 saturated heterocycles. The molecule has 6 nitrogen and oxygen atoms in total. The molecule has 0 bridgehead atoms. The first-order chi connectivity index (χ1) is 7.69. The molecule has 1 aromatic rings. The lowest BCUT2D eigenvalue weighted by molar-refractivity contribution is -0.143. The number of likely N-dealkylation sites (N-methyl/N-ethyl adjacent to an activating group) is 1. The van der Waals surface area contributed by atoms with Gasteiger partial charge in [-0.3, -0.25) is 9.59 Å². The van der Waals surface area contributed by atoms with Crippen molar-refractivity contribution in [2.45, 2.75) is 13.8 Å². The van der Waals surface area contributed by atoms with Crippen LogP contribution in [-0.2, 0) is 9.53 Å². The Balaban J connectivity index is 2.61. The quantitative estimate of drug-likeness (QED) is 0.707. The number of nitrogens with zero attached hydrogens (tertiary/aromatic N) is 3. The van der Waals surface area contributed by atoms with Crippen molar-refractivity contribution in [1.29, 1.82) is 0 Å². The lowest BCUT2D eigenvalue weighted by atomic mass is 10.4. The number of rotatable bonds is 5. The van der Waals surface area contributed by atoms with E-state index < -0.39 is 5.97 Å². The van der Waals surface area contributed by atoms with Crippen LogP contribution in [0.2, 0.25) is 0 Å². The van der Waals surface area contributed by atoms with Crippen LogP contribution >= 0.6 is 11.5 Å². The highest BCUT2D eigenvalue weighted by Crippen LogP contribution is 2.07. The summed E-state index contributed by atoms with van der Waals surface area (Å²) in [5.41, 5.74) is 0. The third kappa shape index (κ3) is 3.27. The first-order valence-corrected chi connectivity index (χ1v) is 5.68. The van der Waals surface area contributed by atoms with Gasteiger partial charge in [0.05, 0.1) is 12.8 Å². The number of carbonyl (C=O) groups excluding carboxylic acids is 2. The summed E-state index contributed by atoms with van der Waals surface area (Å²) in [7, 11) is 0. The highest BCUT2D eigenvalue weighted by Gasteiger charge is 2.19. The fraction of sp³-hybridized carbons (Fsp3) is 0.556. The van der Waals surface area contributed by atoms with Gasteiger partial charge in [-0.05, 0) is 25.4 Å². The van der Waals surface area contributed by atoms with E-state index in [0.717, 1.165) is 11.5 Å². The molecule has 0 radical (unpaired) electrons. The number of hydrogen-bond donors (Lipinski definition) is 0. The molecule has 0 saturated carbocycles. The number of aromatic nitrogens is 2. The predicted molar refractivity (Wildman–Crippen MR) is 58.1 cm³/mol. The summed E-state index contributed by atoms with van der Waals surface area (Å²) in [6.45, 7) is 4.23. The first kappa shape index (κ1) is 12.6. The van der Waals surface area contributed by atoms with E-state index in [1.165, 1.54) is 11.1 Å². The largest absolute Gasteiger partial charge is 0.465 e. The van der Waals surface area contributed by atoms with Crippen molar-refractivity contribution in [3.63, 3.8) is 0 Å². The standard InChI is InChI=1S/C9H13N3O3S/c1-3-12(6-8(13)15-4-2)9(14)7-5-10-11-16-7/h5H,3-4,6H2,1-2H3. The molecule has 0 aliphatic rings. The second-order valence-electron chi connectivity index (χ2n) is 2.91. The van der Waals surface area contributed by atoms with Gasteiger partial charge in [0, 0.05) is 6.54 Å². The third-order valence-electron chi connectivity index (χ3n) is 1.87. The molecule has 88 valence electrons. The zero-order chi connectivity index (χ0) is 12.0. The van der Waals surface area contributed by atoms with Gasteiger partial charge < -0.3 is 9.64 Å². The summed E-state index contributed by atoms with van der Waals surface area (Å²) in [6, 6.07) is 0. The van der Waals surface area contributed by atoms with Crippen LogP contribution in [0.1, 0.15) is 23.5 Å².